The van der Waals surface area contributed by atoms with E-state index >= 15 is 0 Å². The first kappa shape index (κ1) is 17.8. The summed E-state index contributed by atoms with van der Waals surface area (Å²) < 4.78 is 19.4. The predicted molar refractivity (Wildman–Crippen MR) is 101 cm³/mol. The lowest BCUT2D eigenvalue weighted by Crippen LogP contribution is -2.86. The van der Waals surface area contributed by atoms with Gasteiger partial charge >= 0.3 is 0 Å². The van der Waals surface area contributed by atoms with Gasteiger partial charge in [0, 0.05) is 17.3 Å². The van der Waals surface area contributed by atoms with Gasteiger partial charge in [-0.3, -0.25) is 4.79 Å². The first-order valence-electron chi connectivity index (χ1n) is 10.6. The molecule has 3 aliphatic heterocycles. The Morgan fingerprint density at radius 2 is 1.96 bits per heavy atom. The van der Waals surface area contributed by atoms with E-state index in [-0.39, 0.29) is 40.5 Å². The van der Waals surface area contributed by atoms with Crippen molar-refractivity contribution in [1.29, 1.82) is 0 Å². The van der Waals surface area contributed by atoms with Gasteiger partial charge in [0.25, 0.3) is 0 Å². The zero-order valence-corrected chi connectivity index (χ0v) is 17.2. The second kappa shape index (κ2) is 4.66. The molecule has 5 heteroatoms. The topological polar surface area (TPSA) is 65.0 Å². The third kappa shape index (κ3) is 1.53. The van der Waals surface area contributed by atoms with Gasteiger partial charge in [-0.05, 0) is 50.0 Å². The number of hydrogen-bond acceptors (Lipinski definition) is 5. The molecule has 0 amide bonds. The van der Waals surface area contributed by atoms with Crippen LogP contribution in [0.2, 0.25) is 0 Å². The second-order valence-electron chi connectivity index (χ2n) is 11.1. The van der Waals surface area contributed by atoms with Crippen LogP contribution in [0.25, 0.3) is 0 Å². The van der Waals surface area contributed by atoms with E-state index in [9.17, 15) is 9.90 Å². The number of ether oxygens (including phenoxy) is 3. The Bertz CT molecular complexity index is 842. The normalized spacial score (nSPS) is 57.1. The van der Waals surface area contributed by atoms with Crippen molar-refractivity contribution in [1.82, 2.24) is 0 Å². The monoisotopic (exact) mass is 386 g/mol. The first-order chi connectivity index (χ1) is 13.0. The highest BCUT2D eigenvalue weighted by atomic mass is 16.8. The summed E-state index contributed by atoms with van der Waals surface area (Å²) >= 11 is 0. The molecule has 4 bridgehead atoms. The molecule has 152 valence electrons. The first-order valence-corrected chi connectivity index (χ1v) is 10.6. The molecule has 0 aromatic heterocycles. The van der Waals surface area contributed by atoms with Gasteiger partial charge in [0.15, 0.2) is 11.6 Å². The molecule has 1 N–H and O–H groups in total. The van der Waals surface area contributed by atoms with Gasteiger partial charge in [0.2, 0.25) is 5.79 Å². The molecule has 28 heavy (non-hydrogen) atoms. The van der Waals surface area contributed by atoms with Crippen molar-refractivity contribution < 1.29 is 24.1 Å². The molecule has 0 aromatic rings. The van der Waals surface area contributed by atoms with Crippen LogP contribution in [-0.4, -0.2) is 41.3 Å². The average Bonchev–Trinajstić information content (AvgIpc) is 2.71. The molecule has 7 rings (SSSR count). The number of hydrogen-bond donors (Lipinski definition) is 1. The molecule has 7 aliphatic rings. The van der Waals surface area contributed by atoms with Crippen molar-refractivity contribution in [2.24, 2.45) is 34.0 Å². The Kier molecular flexibility index (Phi) is 2.97. The molecule has 6 fully saturated rings. The van der Waals surface area contributed by atoms with Crippen LogP contribution >= 0.6 is 0 Å². The van der Waals surface area contributed by atoms with Gasteiger partial charge < -0.3 is 19.3 Å². The van der Waals surface area contributed by atoms with Crippen LogP contribution in [-0.2, 0) is 19.0 Å². The fraction of sp³-hybridized carbons (Fsp3) is 0.783. The fourth-order valence-electron chi connectivity index (χ4n) is 8.39. The highest BCUT2D eigenvalue weighted by Crippen LogP contribution is 2.78. The summed E-state index contributed by atoms with van der Waals surface area (Å²) in [7, 11) is 0. The van der Waals surface area contributed by atoms with Crippen LogP contribution in [0.3, 0.4) is 0 Å². The summed E-state index contributed by atoms with van der Waals surface area (Å²) in [5, 5.41) is 11.9. The Morgan fingerprint density at radius 1 is 1.21 bits per heavy atom. The van der Waals surface area contributed by atoms with E-state index in [4.69, 9.17) is 14.2 Å². The van der Waals surface area contributed by atoms with Crippen molar-refractivity contribution in [2.75, 3.05) is 6.61 Å². The molecule has 3 spiro atoms. The molecule has 0 aromatic carbocycles. The molecule has 3 unspecified atom stereocenters. The number of carbonyl (C=O) groups is 1. The number of aliphatic hydroxyl groups is 1. The summed E-state index contributed by atoms with van der Waals surface area (Å²) in [5.41, 5.74) is -0.859. The van der Waals surface area contributed by atoms with Crippen molar-refractivity contribution in [3.63, 3.8) is 0 Å². The molecule has 3 heterocycles. The second-order valence-corrected chi connectivity index (χ2v) is 11.1. The number of Topliss-reactive ketones (excluding diaryl/α,β-unsaturated/α-hetero) is 1. The van der Waals surface area contributed by atoms with Crippen molar-refractivity contribution in [2.45, 2.75) is 70.7 Å². The number of allylic oxidation sites excluding steroid dienone is 1. The largest absolute Gasteiger partial charge is 0.387 e. The lowest BCUT2D eigenvalue weighted by molar-refractivity contribution is -0.523. The van der Waals surface area contributed by atoms with Gasteiger partial charge in [-0.25, -0.2) is 0 Å². The van der Waals surface area contributed by atoms with Crippen molar-refractivity contribution in [3.05, 3.63) is 24.3 Å². The summed E-state index contributed by atoms with van der Waals surface area (Å²) in [5.74, 6) is -2.33. The van der Waals surface area contributed by atoms with Crippen LogP contribution in [0, 0.1) is 34.0 Å². The molecule has 5 nitrogen and oxygen atoms in total. The zero-order chi connectivity index (χ0) is 19.9. The smallest absolute Gasteiger partial charge is 0.213 e. The standard InChI is InChI=1S/C23H30O5/c1-12-13-7-8-14-21-10-6-9-19(2,3)15(21)17(25)23(26-11-21)22(14,16(12)24)18(13)27-20(4,5)28-23/h6,10,13-15,17-18,25H,1,7-9,11H2,2-5H3/t13-,14?,15?,17-,18?,21+,22-,23-/m0/s1. The molecular weight excluding hydrogens is 356 g/mol. The van der Waals surface area contributed by atoms with E-state index in [2.05, 4.69) is 32.6 Å². The number of carbonyl (C=O) groups excluding carboxylic acids is 1. The van der Waals surface area contributed by atoms with Gasteiger partial charge in [-0.1, -0.05) is 32.6 Å². The molecule has 3 saturated heterocycles. The van der Waals surface area contributed by atoms with E-state index in [1.807, 2.05) is 13.8 Å². The predicted octanol–water partition coefficient (Wildman–Crippen LogP) is 2.98. The molecule has 8 atom stereocenters. The maximum atomic E-state index is 13.9. The van der Waals surface area contributed by atoms with Crippen molar-refractivity contribution in [3.8, 4) is 0 Å². The van der Waals surface area contributed by atoms with E-state index in [0.29, 0.717) is 12.2 Å². The van der Waals surface area contributed by atoms with E-state index in [1.165, 1.54) is 0 Å². The Labute approximate surface area is 166 Å². The molecular formula is C23H30O5. The van der Waals surface area contributed by atoms with Gasteiger partial charge in [0.05, 0.1) is 12.7 Å². The summed E-state index contributed by atoms with van der Waals surface area (Å²) in [6.45, 7) is 12.8. The van der Waals surface area contributed by atoms with Gasteiger partial charge in [-0.15, -0.1) is 0 Å². The lowest BCUT2D eigenvalue weighted by Gasteiger charge is -2.76. The van der Waals surface area contributed by atoms with Crippen LogP contribution in [0.4, 0.5) is 0 Å². The third-order valence-corrected chi connectivity index (χ3v) is 9.01. The van der Waals surface area contributed by atoms with Gasteiger partial charge in [0.1, 0.15) is 11.5 Å². The number of aliphatic hydroxyl groups excluding tert-OH is 1. The minimum Gasteiger partial charge on any atom is -0.387 e. The van der Waals surface area contributed by atoms with E-state index in [1.54, 1.807) is 0 Å². The minimum atomic E-state index is -1.37. The van der Waals surface area contributed by atoms with E-state index in [0.717, 1.165) is 19.3 Å². The number of rotatable bonds is 0. The SMILES string of the molecule is C=C1C(=O)[C@@]23C4OC(C)(C)O[C@]25OC[C@]2(C=CCC(C)(C)C2[C@@H]5O)C3CC[C@@H]14. The average molecular weight is 386 g/mol. The minimum absolute atomic E-state index is 0.00569. The third-order valence-electron chi connectivity index (χ3n) is 9.01. The molecule has 4 aliphatic carbocycles. The Balaban J connectivity index is 1.69. The number of fused-ring (bicyclic) bond motifs is 1. The number of ketones is 1. The van der Waals surface area contributed by atoms with Crippen LogP contribution in [0.5, 0.6) is 0 Å². The van der Waals surface area contributed by atoms with Crippen LogP contribution in [0.1, 0.15) is 47.0 Å². The highest BCUT2D eigenvalue weighted by molar-refractivity contribution is 6.05. The van der Waals surface area contributed by atoms with Gasteiger partial charge in [-0.2, -0.15) is 0 Å². The van der Waals surface area contributed by atoms with E-state index < -0.39 is 23.1 Å². The van der Waals surface area contributed by atoms with Crippen molar-refractivity contribution >= 4 is 5.78 Å². The summed E-state index contributed by atoms with van der Waals surface area (Å²) in [4.78, 5) is 13.9. The Morgan fingerprint density at radius 3 is 2.71 bits per heavy atom. The maximum absolute atomic E-state index is 13.9. The quantitative estimate of drug-likeness (QED) is 0.512. The maximum Gasteiger partial charge on any atom is 0.213 e. The fourth-order valence-corrected chi connectivity index (χ4v) is 8.39. The molecule has 3 saturated carbocycles. The zero-order valence-electron chi connectivity index (χ0n) is 17.2. The molecule has 0 radical (unpaired) electrons. The van der Waals surface area contributed by atoms with Crippen LogP contribution < -0.4 is 0 Å². The highest BCUT2D eigenvalue weighted by Gasteiger charge is 2.88. The lowest BCUT2D eigenvalue weighted by atomic mass is 9.37. The Hall–Kier alpha value is -1.01. The summed E-state index contributed by atoms with van der Waals surface area (Å²) in [6.07, 6.45) is 5.95. The van der Waals surface area contributed by atoms with Crippen LogP contribution in [0.15, 0.2) is 24.3 Å². The summed E-state index contributed by atoms with van der Waals surface area (Å²) in [6, 6.07) is 0.